The van der Waals surface area contributed by atoms with E-state index in [1.165, 1.54) is 27.1 Å². The lowest BCUT2D eigenvalue weighted by molar-refractivity contribution is 0.218. The van der Waals surface area contributed by atoms with Gasteiger partial charge in [-0.1, -0.05) is 95.1 Å². The normalized spacial score (nSPS) is 13.2. The fraction of sp³-hybridized carbons (Fsp3) is 0.333. The highest BCUT2D eigenvalue weighted by Crippen LogP contribution is 2.39. The van der Waals surface area contributed by atoms with Crippen LogP contribution in [-0.2, 0) is 0 Å². The Balaban J connectivity index is 1.79. The molecule has 4 aromatic carbocycles. The molecule has 2 unspecified atom stereocenters. The van der Waals surface area contributed by atoms with Gasteiger partial charge in [-0.15, -0.1) is 0 Å². The maximum atomic E-state index is 6.29. The molecule has 0 saturated heterocycles. The number of fused-ring (bicyclic) bond motifs is 3. The molecule has 0 aliphatic rings. The average molecular weight is 427 g/mol. The Labute approximate surface area is 192 Å². The summed E-state index contributed by atoms with van der Waals surface area (Å²) in [5.74, 6) is 2.69. The maximum Gasteiger partial charge on any atom is 0.161 e. The van der Waals surface area contributed by atoms with Gasteiger partial charge in [0.2, 0.25) is 0 Å². The fourth-order valence-corrected chi connectivity index (χ4v) is 3.90. The van der Waals surface area contributed by atoms with Gasteiger partial charge in [-0.05, 0) is 62.7 Å². The highest BCUT2D eigenvalue weighted by Gasteiger charge is 2.14. The first-order valence-electron chi connectivity index (χ1n) is 11.9. The average Bonchev–Trinajstić information content (AvgIpc) is 2.85. The molecule has 2 heteroatoms. The molecule has 32 heavy (non-hydrogen) atoms. The lowest BCUT2D eigenvalue weighted by Crippen LogP contribution is -2.11. The Morgan fingerprint density at radius 3 is 1.91 bits per heavy atom. The minimum absolute atomic E-state index is 0.502. The molecule has 0 radical (unpaired) electrons. The topological polar surface area (TPSA) is 18.5 Å². The summed E-state index contributed by atoms with van der Waals surface area (Å²) in [5.41, 5.74) is 2.38. The molecule has 0 spiro atoms. The summed E-state index contributed by atoms with van der Waals surface area (Å²) in [6, 6.07) is 26.0. The third kappa shape index (κ3) is 4.75. The van der Waals surface area contributed by atoms with E-state index in [1.807, 2.05) is 0 Å². The van der Waals surface area contributed by atoms with Gasteiger partial charge in [-0.2, -0.15) is 0 Å². The Bertz CT molecular complexity index is 1190. The summed E-state index contributed by atoms with van der Waals surface area (Å²) in [4.78, 5) is 0. The molecule has 2 atom stereocenters. The van der Waals surface area contributed by atoms with Gasteiger partial charge in [0.15, 0.2) is 11.5 Å². The van der Waals surface area contributed by atoms with Crippen molar-refractivity contribution in [2.24, 2.45) is 11.8 Å². The Morgan fingerprint density at radius 2 is 1.22 bits per heavy atom. The first-order valence-corrected chi connectivity index (χ1v) is 11.9. The second-order valence-electron chi connectivity index (χ2n) is 9.00. The minimum Gasteiger partial charge on any atom is -0.489 e. The third-order valence-electron chi connectivity index (χ3n) is 6.46. The van der Waals surface area contributed by atoms with Crippen molar-refractivity contribution >= 4 is 21.5 Å². The van der Waals surface area contributed by atoms with E-state index in [0.29, 0.717) is 25.0 Å². The van der Waals surface area contributed by atoms with Crippen LogP contribution in [-0.4, -0.2) is 13.2 Å². The van der Waals surface area contributed by atoms with Gasteiger partial charge in [0, 0.05) is 0 Å². The summed E-state index contributed by atoms with van der Waals surface area (Å²) in [5, 5.41) is 5.07. The molecule has 0 fully saturated rings. The van der Waals surface area contributed by atoms with Gasteiger partial charge in [0.25, 0.3) is 0 Å². The number of hydrogen-bond donors (Lipinski definition) is 0. The van der Waals surface area contributed by atoms with E-state index in [-0.39, 0.29) is 0 Å². The van der Waals surface area contributed by atoms with E-state index in [1.54, 1.807) is 0 Å². The van der Waals surface area contributed by atoms with E-state index in [9.17, 15) is 0 Å². The smallest absolute Gasteiger partial charge is 0.161 e. The first-order chi connectivity index (χ1) is 15.6. The Kier molecular flexibility index (Phi) is 6.99. The van der Waals surface area contributed by atoms with Crippen LogP contribution < -0.4 is 9.47 Å². The van der Waals surface area contributed by atoms with Crippen LogP contribution in [0.1, 0.15) is 40.5 Å². The van der Waals surface area contributed by atoms with Crippen molar-refractivity contribution in [3.63, 3.8) is 0 Å². The highest BCUT2D eigenvalue weighted by molar-refractivity contribution is 6.13. The molecule has 0 aromatic heterocycles. The van der Waals surface area contributed by atoms with Crippen molar-refractivity contribution in [3.05, 3.63) is 72.8 Å². The predicted octanol–water partition coefficient (Wildman–Crippen LogP) is 8.51. The molecule has 0 bridgehead atoms. The molecule has 0 aliphatic carbocycles. The predicted molar refractivity (Wildman–Crippen MR) is 137 cm³/mol. The molecule has 166 valence electrons. The van der Waals surface area contributed by atoms with Crippen LogP contribution in [0.3, 0.4) is 0 Å². The zero-order valence-corrected chi connectivity index (χ0v) is 19.7. The Hall–Kier alpha value is -3.00. The van der Waals surface area contributed by atoms with Crippen molar-refractivity contribution in [1.82, 2.24) is 0 Å². The highest BCUT2D eigenvalue weighted by atomic mass is 16.5. The van der Waals surface area contributed by atoms with E-state index in [2.05, 4.69) is 100 Å². The van der Waals surface area contributed by atoms with Crippen molar-refractivity contribution in [1.29, 1.82) is 0 Å². The fourth-order valence-electron chi connectivity index (χ4n) is 3.90. The van der Waals surface area contributed by atoms with Crippen LogP contribution in [0.5, 0.6) is 11.5 Å². The number of benzene rings is 4. The second-order valence-corrected chi connectivity index (χ2v) is 9.00. The van der Waals surface area contributed by atoms with E-state index < -0.39 is 0 Å². The summed E-state index contributed by atoms with van der Waals surface area (Å²) >= 11 is 0. The summed E-state index contributed by atoms with van der Waals surface area (Å²) in [7, 11) is 0. The SMILES string of the molecule is CCC(C)COc1ccc(-c2cc3ccccc3c3ccccc23)cc1OCC(C)CC. The number of rotatable bonds is 9. The van der Waals surface area contributed by atoms with Crippen LogP contribution in [0.15, 0.2) is 72.8 Å². The van der Waals surface area contributed by atoms with Crippen molar-refractivity contribution in [2.75, 3.05) is 13.2 Å². The van der Waals surface area contributed by atoms with Gasteiger partial charge in [-0.3, -0.25) is 0 Å². The second kappa shape index (κ2) is 10.1. The van der Waals surface area contributed by atoms with E-state index in [0.717, 1.165) is 29.9 Å². The molecule has 2 nitrogen and oxygen atoms in total. The minimum atomic E-state index is 0.502. The van der Waals surface area contributed by atoms with E-state index in [4.69, 9.17) is 9.47 Å². The summed E-state index contributed by atoms with van der Waals surface area (Å²) in [6.45, 7) is 10.2. The quantitative estimate of drug-likeness (QED) is 0.250. The molecule has 4 rings (SSSR count). The van der Waals surface area contributed by atoms with Crippen LogP contribution in [0.25, 0.3) is 32.7 Å². The molecule has 4 aromatic rings. The van der Waals surface area contributed by atoms with E-state index >= 15 is 0 Å². The zero-order valence-electron chi connectivity index (χ0n) is 19.7. The van der Waals surface area contributed by atoms with Gasteiger partial charge in [-0.25, -0.2) is 0 Å². The first kappa shape index (κ1) is 22.2. The zero-order chi connectivity index (χ0) is 22.5. The Morgan fingerprint density at radius 1 is 0.625 bits per heavy atom. The van der Waals surface area contributed by atoms with Crippen LogP contribution in [0, 0.1) is 11.8 Å². The molecule has 0 amide bonds. The summed E-state index contributed by atoms with van der Waals surface area (Å²) in [6.07, 6.45) is 2.20. The molecular weight excluding hydrogens is 392 g/mol. The van der Waals surface area contributed by atoms with Crippen LogP contribution in [0.4, 0.5) is 0 Å². The van der Waals surface area contributed by atoms with Crippen molar-refractivity contribution < 1.29 is 9.47 Å². The van der Waals surface area contributed by atoms with Crippen LogP contribution >= 0.6 is 0 Å². The molecule has 0 heterocycles. The maximum absolute atomic E-state index is 6.29. The third-order valence-corrected chi connectivity index (χ3v) is 6.46. The van der Waals surface area contributed by atoms with Crippen molar-refractivity contribution in [3.8, 4) is 22.6 Å². The lowest BCUT2D eigenvalue weighted by atomic mass is 9.93. The standard InChI is InChI=1S/C30H34O2/c1-5-21(3)19-31-29-16-15-24(18-30(29)32-20-22(4)6-2)28-17-23-11-7-8-12-25(23)26-13-9-10-14-27(26)28/h7-18,21-22H,5-6,19-20H2,1-4H3. The van der Waals surface area contributed by atoms with Crippen LogP contribution in [0.2, 0.25) is 0 Å². The van der Waals surface area contributed by atoms with Gasteiger partial charge in [0.05, 0.1) is 13.2 Å². The molecule has 0 saturated carbocycles. The monoisotopic (exact) mass is 426 g/mol. The molecule has 0 aliphatic heterocycles. The largest absolute Gasteiger partial charge is 0.489 e. The number of hydrogen-bond acceptors (Lipinski definition) is 2. The molecular formula is C30H34O2. The van der Waals surface area contributed by atoms with Gasteiger partial charge in [0.1, 0.15) is 0 Å². The van der Waals surface area contributed by atoms with Crippen molar-refractivity contribution in [2.45, 2.75) is 40.5 Å². The molecule has 0 N–H and O–H groups in total. The van der Waals surface area contributed by atoms with Gasteiger partial charge >= 0.3 is 0 Å². The number of ether oxygens (including phenoxy) is 2. The summed E-state index contributed by atoms with van der Waals surface area (Å²) < 4.78 is 12.5. The van der Waals surface area contributed by atoms with Gasteiger partial charge < -0.3 is 9.47 Å². The lowest BCUT2D eigenvalue weighted by Gasteiger charge is -2.18.